The highest BCUT2D eigenvalue weighted by Crippen LogP contribution is 2.19. The third kappa shape index (κ3) is 48.2. The van der Waals surface area contributed by atoms with E-state index in [9.17, 15) is 14.4 Å². The summed E-state index contributed by atoms with van der Waals surface area (Å²) in [5, 5.41) is 0. The molecule has 374 valence electrons. The van der Waals surface area contributed by atoms with Gasteiger partial charge in [-0.2, -0.15) is 0 Å². The molecule has 0 aromatic carbocycles. The van der Waals surface area contributed by atoms with Crippen LogP contribution in [-0.4, -0.2) is 37.2 Å². The van der Waals surface area contributed by atoms with Gasteiger partial charge in [-0.15, -0.1) is 0 Å². The minimum atomic E-state index is -0.764. The minimum absolute atomic E-state index is 0.0640. The third-order valence-corrected chi connectivity index (χ3v) is 13.6. The molecule has 0 rings (SSSR count). The Balaban J connectivity index is 4.32. The predicted octanol–water partition coefficient (Wildman–Crippen LogP) is 18.3. The maximum atomic E-state index is 12.8. The summed E-state index contributed by atoms with van der Waals surface area (Å²) >= 11 is 0. The van der Waals surface area contributed by atoms with Crippen molar-refractivity contribution in [3.05, 3.63) is 0 Å². The minimum Gasteiger partial charge on any atom is -0.462 e. The highest BCUT2D eigenvalue weighted by atomic mass is 16.6. The monoisotopic (exact) mass is 891 g/mol. The molecule has 0 aliphatic heterocycles. The molecule has 0 bridgehead atoms. The maximum absolute atomic E-state index is 12.8. The second-order valence-electron chi connectivity index (χ2n) is 20.5. The number of carbonyl (C=O) groups excluding carboxylic acids is 3. The molecular weight excluding hydrogens is 781 g/mol. The Kier molecular flexibility index (Phi) is 47.1. The molecule has 0 amide bonds. The smallest absolute Gasteiger partial charge is 0.306 e. The van der Waals surface area contributed by atoms with Gasteiger partial charge in [-0.1, -0.05) is 273 Å². The molecule has 2 unspecified atom stereocenters. The van der Waals surface area contributed by atoms with E-state index in [-0.39, 0.29) is 31.1 Å². The number of hydrogen-bond acceptors (Lipinski definition) is 6. The molecule has 0 aliphatic rings. The van der Waals surface area contributed by atoms with Gasteiger partial charge in [0.2, 0.25) is 0 Å². The molecule has 0 aliphatic carbocycles. The largest absolute Gasteiger partial charge is 0.462 e. The molecule has 6 nitrogen and oxygen atoms in total. The van der Waals surface area contributed by atoms with Crippen LogP contribution in [0.4, 0.5) is 0 Å². The summed E-state index contributed by atoms with van der Waals surface area (Å²) in [5.74, 6) is 1.73. The van der Waals surface area contributed by atoms with Crippen LogP contribution in [0.2, 0.25) is 0 Å². The maximum Gasteiger partial charge on any atom is 0.306 e. The van der Waals surface area contributed by atoms with Crippen LogP contribution in [0, 0.1) is 17.8 Å². The van der Waals surface area contributed by atoms with Gasteiger partial charge in [0, 0.05) is 19.3 Å². The molecule has 0 fully saturated rings. The van der Waals surface area contributed by atoms with Crippen LogP contribution in [0.3, 0.4) is 0 Å². The topological polar surface area (TPSA) is 78.9 Å². The number of esters is 3. The number of ether oxygens (including phenoxy) is 3. The first-order valence-corrected chi connectivity index (χ1v) is 28.2. The van der Waals surface area contributed by atoms with Crippen LogP contribution in [-0.2, 0) is 28.6 Å². The van der Waals surface area contributed by atoms with Gasteiger partial charge in [0.15, 0.2) is 6.10 Å². The van der Waals surface area contributed by atoms with E-state index in [1.165, 1.54) is 193 Å². The summed E-state index contributed by atoms with van der Waals surface area (Å²) in [6.07, 6.45) is 49.3. The van der Waals surface area contributed by atoms with Gasteiger partial charge >= 0.3 is 17.9 Å². The highest BCUT2D eigenvalue weighted by Gasteiger charge is 2.19. The van der Waals surface area contributed by atoms with E-state index in [2.05, 4.69) is 41.5 Å². The van der Waals surface area contributed by atoms with Gasteiger partial charge in [0.25, 0.3) is 0 Å². The molecule has 0 aromatic rings. The van der Waals surface area contributed by atoms with Gasteiger partial charge in [-0.3, -0.25) is 14.4 Å². The van der Waals surface area contributed by atoms with Crippen molar-refractivity contribution >= 4 is 17.9 Å². The Hall–Kier alpha value is -1.59. The Labute approximate surface area is 393 Å². The van der Waals surface area contributed by atoms with Crippen LogP contribution >= 0.6 is 0 Å². The fourth-order valence-electron chi connectivity index (χ4n) is 8.58. The second-order valence-corrected chi connectivity index (χ2v) is 20.5. The van der Waals surface area contributed by atoms with E-state index in [0.717, 1.165) is 75.5 Å². The zero-order valence-electron chi connectivity index (χ0n) is 43.4. The summed E-state index contributed by atoms with van der Waals surface area (Å²) in [5.41, 5.74) is 0. The molecule has 0 N–H and O–H groups in total. The average molecular weight is 892 g/mol. The Morgan fingerprint density at radius 1 is 0.317 bits per heavy atom. The zero-order chi connectivity index (χ0) is 46.3. The van der Waals surface area contributed by atoms with Gasteiger partial charge in [-0.05, 0) is 37.0 Å². The number of carbonyl (C=O) groups is 3. The molecule has 0 aromatic heterocycles. The first-order valence-electron chi connectivity index (χ1n) is 28.2. The number of rotatable bonds is 50. The molecule has 63 heavy (non-hydrogen) atoms. The number of hydrogen-bond donors (Lipinski definition) is 0. The Morgan fingerprint density at radius 2 is 0.556 bits per heavy atom. The molecule has 0 radical (unpaired) electrons. The van der Waals surface area contributed by atoms with Crippen molar-refractivity contribution in [3.8, 4) is 0 Å². The lowest BCUT2D eigenvalue weighted by Gasteiger charge is -2.18. The van der Waals surface area contributed by atoms with Crippen molar-refractivity contribution in [2.75, 3.05) is 13.2 Å². The lowest BCUT2D eigenvalue weighted by Crippen LogP contribution is -2.30. The standard InChI is InChI=1S/C57H110O6/c1-7-52(5)44-38-32-26-20-15-17-23-29-35-41-47-56(59)62-50-54(63-57(60)48-42-36-30-24-18-16-21-27-33-39-45-53(6)8-2)49-61-55(58)46-40-34-28-22-14-12-10-9-11-13-19-25-31-37-43-51(3)4/h51-54H,7-50H2,1-6H3/t52?,53?,54-/m0/s1. The van der Waals surface area contributed by atoms with E-state index in [1.54, 1.807) is 0 Å². The van der Waals surface area contributed by atoms with Gasteiger partial charge in [-0.25, -0.2) is 0 Å². The second kappa shape index (κ2) is 48.3. The summed E-state index contributed by atoms with van der Waals surface area (Å²) in [6.45, 7) is 13.8. The van der Waals surface area contributed by atoms with E-state index in [0.29, 0.717) is 19.3 Å². The SMILES string of the molecule is CCC(C)CCCCCCCCCCCCC(=O)OC[C@H](COC(=O)CCCCCCCCCCCCCCCCC(C)C)OC(=O)CCCCCCCCCCCCC(C)CC. The lowest BCUT2D eigenvalue weighted by atomic mass is 9.99. The van der Waals surface area contributed by atoms with Crippen molar-refractivity contribution < 1.29 is 28.6 Å². The fraction of sp³-hybridized carbons (Fsp3) is 0.947. The fourth-order valence-corrected chi connectivity index (χ4v) is 8.58. The Morgan fingerprint density at radius 3 is 0.825 bits per heavy atom. The van der Waals surface area contributed by atoms with Crippen LogP contribution in [0.5, 0.6) is 0 Å². The third-order valence-electron chi connectivity index (χ3n) is 13.6. The molecule has 0 saturated carbocycles. The van der Waals surface area contributed by atoms with Gasteiger partial charge in [0.1, 0.15) is 13.2 Å². The van der Waals surface area contributed by atoms with Gasteiger partial charge < -0.3 is 14.2 Å². The summed E-state index contributed by atoms with van der Waals surface area (Å²) < 4.78 is 16.9. The molecule has 0 spiro atoms. The normalized spacial score (nSPS) is 13.0. The molecule has 6 heteroatoms. The lowest BCUT2D eigenvalue weighted by molar-refractivity contribution is -0.167. The van der Waals surface area contributed by atoms with E-state index in [1.807, 2.05) is 0 Å². The Bertz CT molecular complexity index is 980. The van der Waals surface area contributed by atoms with Crippen LogP contribution in [0.25, 0.3) is 0 Å². The van der Waals surface area contributed by atoms with Crippen molar-refractivity contribution in [3.63, 3.8) is 0 Å². The summed E-state index contributed by atoms with van der Waals surface area (Å²) in [7, 11) is 0. The van der Waals surface area contributed by atoms with Crippen LogP contribution < -0.4 is 0 Å². The van der Waals surface area contributed by atoms with Crippen LogP contribution in [0.15, 0.2) is 0 Å². The molecular formula is C57H110O6. The van der Waals surface area contributed by atoms with Crippen LogP contribution in [0.1, 0.15) is 311 Å². The highest BCUT2D eigenvalue weighted by molar-refractivity contribution is 5.71. The number of unbranched alkanes of at least 4 members (excludes halogenated alkanes) is 31. The predicted molar refractivity (Wildman–Crippen MR) is 270 cm³/mol. The van der Waals surface area contributed by atoms with Crippen molar-refractivity contribution in [1.82, 2.24) is 0 Å². The van der Waals surface area contributed by atoms with Gasteiger partial charge in [0.05, 0.1) is 0 Å². The quantitative estimate of drug-likeness (QED) is 0.0344. The average Bonchev–Trinajstić information content (AvgIpc) is 3.27. The first kappa shape index (κ1) is 61.4. The van der Waals surface area contributed by atoms with E-state index >= 15 is 0 Å². The molecule has 3 atom stereocenters. The summed E-state index contributed by atoms with van der Waals surface area (Å²) in [4.78, 5) is 38.1. The zero-order valence-corrected chi connectivity index (χ0v) is 43.4. The summed E-state index contributed by atoms with van der Waals surface area (Å²) in [6, 6.07) is 0. The van der Waals surface area contributed by atoms with Crippen molar-refractivity contribution in [2.24, 2.45) is 17.8 Å². The first-order chi connectivity index (χ1) is 30.7. The molecule has 0 heterocycles. The van der Waals surface area contributed by atoms with E-state index in [4.69, 9.17) is 14.2 Å². The van der Waals surface area contributed by atoms with Crippen molar-refractivity contribution in [2.45, 2.75) is 317 Å². The van der Waals surface area contributed by atoms with Crippen molar-refractivity contribution in [1.29, 1.82) is 0 Å². The molecule has 0 saturated heterocycles. The van der Waals surface area contributed by atoms with E-state index < -0.39 is 6.10 Å².